The Morgan fingerprint density at radius 3 is 2.52 bits per heavy atom. The fourth-order valence-corrected chi connectivity index (χ4v) is 2.49. The molecule has 9 nitrogen and oxygen atoms in total. The molecule has 0 unspecified atom stereocenters. The lowest BCUT2D eigenvalue weighted by molar-refractivity contribution is -0.105. The van der Waals surface area contributed by atoms with Gasteiger partial charge in [-0.15, -0.1) is 0 Å². The maximum atomic E-state index is 11.4. The van der Waals surface area contributed by atoms with Crippen LogP contribution in [0.15, 0.2) is 6.20 Å². The van der Waals surface area contributed by atoms with E-state index in [1.807, 2.05) is 13.8 Å². The van der Waals surface area contributed by atoms with Gasteiger partial charge in [0.25, 0.3) is 5.91 Å². The summed E-state index contributed by atoms with van der Waals surface area (Å²) in [5.41, 5.74) is 4.96. The van der Waals surface area contributed by atoms with Crippen molar-refractivity contribution < 1.29 is 14.3 Å². The van der Waals surface area contributed by atoms with Crippen molar-refractivity contribution in [1.29, 1.82) is 5.26 Å². The maximum absolute atomic E-state index is 11.4. The Kier molecular flexibility index (Phi) is 10.8. The number of ether oxygens (including phenoxy) is 1. The molecule has 1 aliphatic heterocycles. The van der Waals surface area contributed by atoms with Crippen molar-refractivity contribution in [3.05, 3.63) is 11.8 Å². The summed E-state index contributed by atoms with van der Waals surface area (Å²) >= 11 is 0. The second-order valence-electron chi connectivity index (χ2n) is 5.18. The average Bonchev–Trinajstić information content (AvgIpc) is 3.04. The van der Waals surface area contributed by atoms with E-state index >= 15 is 0 Å². The van der Waals surface area contributed by atoms with E-state index in [-0.39, 0.29) is 17.8 Å². The standard InChI is InChI=1S/C12H16N6O2.C2H6O.C2H6/c13-4-1-12(2-5-15-6-3-12)18-7-9(10(14)20)11(17-18)16-8-19;1-3-2;1-2/h7-8,15H,1-3,5-6H2,(H2,14,20)(H,16,17,19);1-2H3;1-2H3. The van der Waals surface area contributed by atoms with Crippen molar-refractivity contribution in [2.24, 2.45) is 5.73 Å². The number of anilines is 1. The molecular formula is C16H28N6O3. The summed E-state index contributed by atoms with van der Waals surface area (Å²) in [7, 11) is 3.25. The number of primary amides is 1. The number of nitrogens with zero attached hydrogens (tertiary/aromatic N) is 3. The van der Waals surface area contributed by atoms with E-state index in [9.17, 15) is 9.59 Å². The summed E-state index contributed by atoms with van der Waals surface area (Å²) in [5.74, 6) is -0.537. The topological polar surface area (TPSA) is 135 Å². The lowest BCUT2D eigenvalue weighted by Gasteiger charge is -2.36. The summed E-state index contributed by atoms with van der Waals surface area (Å²) in [6.45, 7) is 5.54. The number of amides is 2. The van der Waals surface area contributed by atoms with Crippen molar-refractivity contribution >= 4 is 18.1 Å². The summed E-state index contributed by atoms with van der Waals surface area (Å²) < 4.78 is 5.85. The molecule has 25 heavy (non-hydrogen) atoms. The van der Waals surface area contributed by atoms with Gasteiger partial charge in [0.2, 0.25) is 6.41 Å². The first-order chi connectivity index (χ1) is 12.0. The highest BCUT2D eigenvalue weighted by Crippen LogP contribution is 2.32. The van der Waals surface area contributed by atoms with Crippen LogP contribution in [0.5, 0.6) is 0 Å². The van der Waals surface area contributed by atoms with E-state index in [1.54, 1.807) is 18.9 Å². The predicted octanol–water partition coefficient (Wildman–Crippen LogP) is 0.831. The molecule has 0 saturated carbocycles. The smallest absolute Gasteiger partial charge is 0.254 e. The minimum atomic E-state index is -0.665. The Hall–Kier alpha value is -2.44. The number of methoxy groups -OCH3 is 1. The third-order valence-corrected chi connectivity index (χ3v) is 3.60. The third-order valence-electron chi connectivity index (χ3n) is 3.60. The molecule has 1 saturated heterocycles. The van der Waals surface area contributed by atoms with Crippen LogP contribution in [0.2, 0.25) is 0 Å². The fourth-order valence-electron chi connectivity index (χ4n) is 2.49. The molecular weight excluding hydrogens is 324 g/mol. The molecule has 4 N–H and O–H groups in total. The van der Waals surface area contributed by atoms with Crippen molar-refractivity contribution in [3.63, 3.8) is 0 Å². The van der Waals surface area contributed by atoms with E-state index < -0.39 is 11.4 Å². The van der Waals surface area contributed by atoms with E-state index in [1.165, 1.54) is 6.20 Å². The van der Waals surface area contributed by atoms with Gasteiger partial charge in [-0.2, -0.15) is 10.4 Å². The molecule has 1 aromatic rings. The van der Waals surface area contributed by atoms with Gasteiger partial charge in [0.1, 0.15) is 5.56 Å². The number of aromatic nitrogens is 2. The molecule has 2 rings (SSSR count). The minimum absolute atomic E-state index is 0.128. The van der Waals surface area contributed by atoms with Gasteiger partial charge in [0, 0.05) is 20.4 Å². The van der Waals surface area contributed by atoms with E-state index in [0.717, 1.165) is 25.9 Å². The van der Waals surface area contributed by atoms with E-state index in [4.69, 9.17) is 11.0 Å². The largest absolute Gasteiger partial charge is 0.388 e. The predicted molar refractivity (Wildman–Crippen MR) is 95.0 cm³/mol. The number of nitrogens with two attached hydrogens (primary N) is 1. The molecule has 1 aliphatic rings. The van der Waals surface area contributed by atoms with Crippen LogP contribution in [0.25, 0.3) is 0 Å². The second-order valence-corrected chi connectivity index (χ2v) is 5.18. The van der Waals surface area contributed by atoms with Crippen LogP contribution in [-0.2, 0) is 15.1 Å². The number of rotatable bonds is 5. The van der Waals surface area contributed by atoms with Gasteiger partial charge in [-0.05, 0) is 25.9 Å². The molecule has 1 aromatic heterocycles. The molecule has 0 bridgehead atoms. The highest BCUT2D eigenvalue weighted by Gasteiger charge is 2.35. The summed E-state index contributed by atoms with van der Waals surface area (Å²) in [4.78, 5) is 22.0. The van der Waals surface area contributed by atoms with Gasteiger partial charge in [-0.25, -0.2) is 0 Å². The molecule has 140 valence electrons. The molecule has 9 heteroatoms. The zero-order chi connectivity index (χ0) is 19.3. The molecule has 2 heterocycles. The lowest BCUT2D eigenvalue weighted by Crippen LogP contribution is -2.44. The number of nitrogens with one attached hydrogen (secondary N) is 2. The third kappa shape index (κ3) is 6.17. The molecule has 1 fully saturated rings. The van der Waals surface area contributed by atoms with E-state index in [0.29, 0.717) is 6.41 Å². The van der Waals surface area contributed by atoms with Crippen LogP contribution in [0.1, 0.15) is 43.5 Å². The summed E-state index contributed by atoms with van der Waals surface area (Å²) in [6.07, 6.45) is 3.69. The number of nitriles is 1. The van der Waals surface area contributed by atoms with Crippen molar-refractivity contribution in [2.75, 3.05) is 32.6 Å². The lowest BCUT2D eigenvalue weighted by atomic mass is 9.86. The average molecular weight is 352 g/mol. The molecule has 2 amide bonds. The second kappa shape index (κ2) is 12.0. The molecule has 0 atom stereocenters. The Morgan fingerprint density at radius 1 is 1.52 bits per heavy atom. The Balaban J connectivity index is 0.00000104. The molecule has 0 radical (unpaired) electrons. The van der Waals surface area contributed by atoms with Crippen molar-refractivity contribution in [3.8, 4) is 6.07 Å². The normalized spacial score (nSPS) is 14.7. The number of carbonyl (C=O) groups excluding carboxylic acids is 2. The van der Waals surface area contributed by atoms with Crippen molar-refractivity contribution in [2.45, 2.75) is 38.6 Å². The Labute approximate surface area is 148 Å². The van der Waals surface area contributed by atoms with Crippen molar-refractivity contribution in [1.82, 2.24) is 15.1 Å². The fraction of sp³-hybridized carbons (Fsp3) is 0.625. The Bertz CT molecular complexity index is 573. The van der Waals surface area contributed by atoms with Gasteiger partial charge in [-0.3, -0.25) is 14.3 Å². The number of piperidine rings is 1. The Morgan fingerprint density at radius 2 is 2.08 bits per heavy atom. The highest BCUT2D eigenvalue weighted by atomic mass is 16.4. The van der Waals surface area contributed by atoms with E-state index in [2.05, 4.69) is 26.5 Å². The summed E-state index contributed by atoms with van der Waals surface area (Å²) in [6, 6.07) is 2.17. The first-order valence-electron chi connectivity index (χ1n) is 8.12. The van der Waals surface area contributed by atoms with Crippen LogP contribution in [-0.4, -0.2) is 49.4 Å². The SMILES string of the molecule is CC.COC.N#CCC1(n2cc(C(N)=O)c(NC=O)n2)CCNCC1. The van der Waals surface area contributed by atoms with Crippen LogP contribution in [0.4, 0.5) is 5.82 Å². The van der Waals surface area contributed by atoms with Gasteiger partial charge in [0.15, 0.2) is 5.82 Å². The minimum Gasteiger partial charge on any atom is -0.388 e. The van der Waals surface area contributed by atoms with Gasteiger partial charge < -0.3 is 21.1 Å². The highest BCUT2D eigenvalue weighted by molar-refractivity contribution is 5.99. The first-order valence-corrected chi connectivity index (χ1v) is 8.12. The van der Waals surface area contributed by atoms with Crippen LogP contribution < -0.4 is 16.4 Å². The quantitative estimate of drug-likeness (QED) is 0.672. The molecule has 0 aliphatic carbocycles. The van der Waals surface area contributed by atoms with Gasteiger partial charge in [-0.1, -0.05) is 13.8 Å². The molecule has 0 aromatic carbocycles. The van der Waals surface area contributed by atoms with Gasteiger partial charge in [0.05, 0.1) is 18.0 Å². The number of carbonyl (C=O) groups is 2. The van der Waals surface area contributed by atoms with Gasteiger partial charge >= 0.3 is 0 Å². The number of hydrogen-bond donors (Lipinski definition) is 3. The number of hydrogen-bond acceptors (Lipinski definition) is 6. The zero-order valence-corrected chi connectivity index (χ0v) is 15.3. The maximum Gasteiger partial charge on any atom is 0.254 e. The summed E-state index contributed by atoms with van der Waals surface area (Å²) in [5, 5.41) is 18.9. The zero-order valence-electron chi connectivity index (χ0n) is 15.3. The monoisotopic (exact) mass is 352 g/mol. The van der Waals surface area contributed by atoms with Crippen LogP contribution in [0, 0.1) is 11.3 Å². The van der Waals surface area contributed by atoms with Crippen LogP contribution >= 0.6 is 0 Å². The van der Waals surface area contributed by atoms with Crippen LogP contribution in [0.3, 0.4) is 0 Å². The first kappa shape index (κ1) is 22.6. The molecule has 0 spiro atoms.